The van der Waals surface area contributed by atoms with Crippen LogP contribution in [0.5, 0.6) is 0 Å². The summed E-state index contributed by atoms with van der Waals surface area (Å²) < 4.78 is 0. The van der Waals surface area contributed by atoms with Crippen LogP contribution in [0, 0.1) is 0 Å². The Kier molecular flexibility index (Phi) is 4.32. The van der Waals surface area contributed by atoms with Crippen molar-refractivity contribution in [3.8, 4) is 0 Å². The van der Waals surface area contributed by atoms with Crippen molar-refractivity contribution < 1.29 is 4.79 Å². The molecule has 14 heavy (non-hydrogen) atoms. The van der Waals surface area contributed by atoms with E-state index in [1.807, 2.05) is 6.92 Å². The number of nitrogens with zero attached hydrogens (tertiary/aromatic N) is 2. The maximum atomic E-state index is 11.2. The smallest absolute Gasteiger partial charge is 0.230 e. The van der Waals surface area contributed by atoms with Crippen LogP contribution >= 0.6 is 11.6 Å². The summed E-state index contributed by atoms with van der Waals surface area (Å²) in [6, 6.07) is 1.56. The van der Waals surface area contributed by atoms with Crippen LogP contribution < -0.4 is 5.32 Å². The summed E-state index contributed by atoms with van der Waals surface area (Å²) >= 11 is 5.63. The van der Waals surface area contributed by atoms with E-state index in [0.717, 1.165) is 12.8 Å². The summed E-state index contributed by atoms with van der Waals surface area (Å²) in [4.78, 5) is 19.0. The molecule has 1 heterocycles. The first-order valence-corrected chi connectivity index (χ1v) is 4.88. The molecule has 1 aromatic heterocycles. The van der Waals surface area contributed by atoms with Crippen LogP contribution in [-0.4, -0.2) is 15.9 Å². The normalized spacial score (nSPS) is 9.86. The van der Waals surface area contributed by atoms with E-state index >= 15 is 0 Å². The molecular weight excluding hydrogens is 202 g/mol. The lowest BCUT2D eigenvalue weighted by Crippen LogP contribution is -2.13. The minimum Gasteiger partial charge on any atom is -0.294 e. The molecule has 76 valence electrons. The number of anilines is 1. The van der Waals surface area contributed by atoms with E-state index < -0.39 is 0 Å². The summed E-state index contributed by atoms with van der Waals surface area (Å²) in [5.41, 5.74) is 0. The average molecular weight is 214 g/mol. The van der Waals surface area contributed by atoms with Crippen LogP contribution in [0.15, 0.2) is 12.3 Å². The van der Waals surface area contributed by atoms with Gasteiger partial charge < -0.3 is 0 Å². The van der Waals surface area contributed by atoms with Crippen LogP contribution in [-0.2, 0) is 4.79 Å². The molecule has 1 aromatic rings. The summed E-state index contributed by atoms with van der Waals surface area (Å²) in [6.45, 7) is 2.03. The van der Waals surface area contributed by atoms with Gasteiger partial charge in [0.05, 0.1) is 0 Å². The molecule has 0 bridgehead atoms. The molecule has 1 amide bonds. The molecule has 0 aromatic carbocycles. The highest BCUT2D eigenvalue weighted by molar-refractivity contribution is 6.29. The summed E-state index contributed by atoms with van der Waals surface area (Å²) in [5, 5.41) is 2.90. The second-order valence-electron chi connectivity index (χ2n) is 2.85. The van der Waals surface area contributed by atoms with Gasteiger partial charge in [-0.15, -0.1) is 0 Å². The zero-order valence-corrected chi connectivity index (χ0v) is 8.71. The number of halogens is 1. The van der Waals surface area contributed by atoms with Gasteiger partial charge in [-0.05, 0) is 12.5 Å². The number of carbonyl (C=O) groups excluding carboxylic acids is 1. The molecule has 0 aliphatic heterocycles. The van der Waals surface area contributed by atoms with E-state index in [1.54, 1.807) is 6.07 Å². The van der Waals surface area contributed by atoms with E-state index in [-0.39, 0.29) is 11.9 Å². The van der Waals surface area contributed by atoms with Gasteiger partial charge in [-0.3, -0.25) is 10.1 Å². The van der Waals surface area contributed by atoms with Crippen LogP contribution in [0.25, 0.3) is 0 Å². The van der Waals surface area contributed by atoms with Gasteiger partial charge in [0.15, 0.2) is 0 Å². The molecule has 0 aliphatic rings. The molecule has 1 rings (SSSR count). The number of carbonyl (C=O) groups is 1. The van der Waals surface area contributed by atoms with Gasteiger partial charge >= 0.3 is 0 Å². The number of hydrogen-bond donors (Lipinski definition) is 1. The fraction of sp³-hybridized carbons (Fsp3) is 0.444. The Balaban J connectivity index is 2.47. The number of rotatable bonds is 4. The molecule has 0 radical (unpaired) electrons. The molecule has 0 spiro atoms. The monoisotopic (exact) mass is 213 g/mol. The Bertz CT molecular complexity index is 317. The zero-order chi connectivity index (χ0) is 10.4. The third-order valence-corrected chi connectivity index (χ3v) is 1.84. The number of aromatic nitrogens is 2. The topological polar surface area (TPSA) is 54.9 Å². The highest BCUT2D eigenvalue weighted by atomic mass is 35.5. The molecule has 0 aliphatic carbocycles. The minimum atomic E-state index is -0.0749. The summed E-state index contributed by atoms with van der Waals surface area (Å²) in [5.74, 6) is 0.188. The van der Waals surface area contributed by atoms with Gasteiger partial charge in [0, 0.05) is 12.6 Å². The van der Waals surface area contributed by atoms with Crippen molar-refractivity contribution in [3.63, 3.8) is 0 Å². The lowest BCUT2D eigenvalue weighted by atomic mass is 10.2. The van der Waals surface area contributed by atoms with Crippen molar-refractivity contribution in [2.45, 2.75) is 26.2 Å². The second kappa shape index (κ2) is 5.54. The van der Waals surface area contributed by atoms with Gasteiger partial charge in [-0.2, -0.15) is 0 Å². The zero-order valence-electron chi connectivity index (χ0n) is 7.96. The quantitative estimate of drug-likeness (QED) is 0.781. The first-order chi connectivity index (χ1) is 6.72. The lowest BCUT2D eigenvalue weighted by molar-refractivity contribution is -0.116. The van der Waals surface area contributed by atoms with Gasteiger partial charge in [0.25, 0.3) is 0 Å². The van der Waals surface area contributed by atoms with E-state index in [1.165, 1.54) is 6.20 Å². The molecule has 0 saturated carbocycles. The molecule has 0 fully saturated rings. The van der Waals surface area contributed by atoms with E-state index in [2.05, 4.69) is 15.3 Å². The fourth-order valence-corrected chi connectivity index (χ4v) is 1.06. The first kappa shape index (κ1) is 10.9. The SMILES string of the molecule is CCCCC(=O)Nc1nccc(Cl)n1. The first-order valence-electron chi connectivity index (χ1n) is 4.50. The Morgan fingerprint density at radius 3 is 3.07 bits per heavy atom. The minimum absolute atomic E-state index is 0.0749. The van der Waals surface area contributed by atoms with Gasteiger partial charge in [-0.25, -0.2) is 9.97 Å². The van der Waals surface area contributed by atoms with Crippen molar-refractivity contribution >= 4 is 23.5 Å². The average Bonchev–Trinajstić information content (AvgIpc) is 2.15. The van der Waals surface area contributed by atoms with Crippen molar-refractivity contribution in [1.82, 2.24) is 9.97 Å². The van der Waals surface area contributed by atoms with E-state index in [4.69, 9.17) is 11.6 Å². The standard InChI is InChI=1S/C9H12ClN3O/c1-2-3-4-8(14)13-9-11-6-5-7(10)12-9/h5-6H,2-4H2,1H3,(H,11,12,13,14). The molecular formula is C9H12ClN3O. The van der Waals surface area contributed by atoms with Gasteiger partial charge in [0.1, 0.15) is 5.15 Å². The highest BCUT2D eigenvalue weighted by Crippen LogP contribution is 2.06. The maximum Gasteiger partial charge on any atom is 0.230 e. The predicted molar refractivity (Wildman–Crippen MR) is 55.2 cm³/mol. The highest BCUT2D eigenvalue weighted by Gasteiger charge is 2.03. The maximum absolute atomic E-state index is 11.2. The number of unbranched alkanes of at least 4 members (excludes halogenated alkanes) is 1. The number of nitrogens with one attached hydrogen (secondary N) is 1. The Morgan fingerprint density at radius 1 is 1.64 bits per heavy atom. The van der Waals surface area contributed by atoms with Crippen LogP contribution in [0.3, 0.4) is 0 Å². The molecule has 0 atom stereocenters. The Labute approximate surface area is 87.7 Å². The lowest BCUT2D eigenvalue weighted by Gasteiger charge is -2.01. The molecule has 0 saturated heterocycles. The molecule has 4 nitrogen and oxygen atoms in total. The van der Waals surface area contributed by atoms with Crippen LogP contribution in [0.1, 0.15) is 26.2 Å². The molecule has 5 heteroatoms. The molecule has 1 N–H and O–H groups in total. The van der Waals surface area contributed by atoms with Gasteiger partial charge in [0.2, 0.25) is 11.9 Å². The van der Waals surface area contributed by atoms with Crippen molar-refractivity contribution in [3.05, 3.63) is 17.4 Å². The third-order valence-electron chi connectivity index (χ3n) is 1.63. The predicted octanol–water partition coefficient (Wildman–Crippen LogP) is 2.26. The summed E-state index contributed by atoms with van der Waals surface area (Å²) in [6.07, 6.45) is 3.85. The van der Waals surface area contributed by atoms with Crippen molar-refractivity contribution in [2.75, 3.05) is 5.32 Å². The summed E-state index contributed by atoms with van der Waals surface area (Å²) in [7, 11) is 0. The van der Waals surface area contributed by atoms with Gasteiger partial charge in [-0.1, -0.05) is 24.9 Å². The van der Waals surface area contributed by atoms with Crippen molar-refractivity contribution in [1.29, 1.82) is 0 Å². The van der Waals surface area contributed by atoms with Crippen molar-refractivity contribution in [2.24, 2.45) is 0 Å². The number of amides is 1. The largest absolute Gasteiger partial charge is 0.294 e. The Morgan fingerprint density at radius 2 is 2.43 bits per heavy atom. The van der Waals surface area contributed by atoms with Crippen LogP contribution in [0.2, 0.25) is 5.15 Å². The second-order valence-corrected chi connectivity index (χ2v) is 3.24. The number of hydrogen-bond acceptors (Lipinski definition) is 3. The van der Waals surface area contributed by atoms with E-state index in [9.17, 15) is 4.79 Å². The van der Waals surface area contributed by atoms with E-state index in [0.29, 0.717) is 11.6 Å². The molecule has 0 unspecified atom stereocenters. The third kappa shape index (κ3) is 3.70. The Hall–Kier alpha value is -1.16. The van der Waals surface area contributed by atoms with Crippen LogP contribution in [0.4, 0.5) is 5.95 Å². The fourth-order valence-electron chi connectivity index (χ4n) is 0.921.